The lowest BCUT2D eigenvalue weighted by Gasteiger charge is -2.15. The van der Waals surface area contributed by atoms with Gasteiger partial charge in [-0.3, -0.25) is 9.59 Å². The number of rotatable bonds is 7. The molecule has 1 aliphatic heterocycles. The Bertz CT molecular complexity index is 1010. The molecule has 1 amide bonds. The summed E-state index contributed by atoms with van der Waals surface area (Å²) in [6.07, 6.45) is 1.78. The third kappa shape index (κ3) is 4.83. The molecule has 1 heterocycles. The topological polar surface area (TPSA) is 92.8 Å². The maximum absolute atomic E-state index is 12.6. The van der Waals surface area contributed by atoms with Gasteiger partial charge in [-0.15, -0.1) is 0 Å². The molecular weight excluding hydrogens is 392 g/mol. The highest BCUT2D eigenvalue weighted by Crippen LogP contribution is 2.23. The number of carbonyl (C=O) groups is 2. The number of nitrogens with zero attached hydrogens (tertiary/aromatic N) is 1. The van der Waals surface area contributed by atoms with Crippen LogP contribution in [0.1, 0.15) is 35.7 Å². The Hall–Kier alpha value is -2.71. The lowest BCUT2D eigenvalue weighted by Crippen LogP contribution is -2.27. The van der Waals surface area contributed by atoms with Gasteiger partial charge in [0.15, 0.2) is 5.78 Å². The van der Waals surface area contributed by atoms with Crippen LogP contribution in [0.5, 0.6) is 5.75 Å². The van der Waals surface area contributed by atoms with Crippen LogP contribution in [0.15, 0.2) is 47.4 Å². The first kappa shape index (κ1) is 21.0. The maximum atomic E-state index is 12.6. The average Bonchev–Trinajstić information content (AvgIpc) is 3.24. The first-order valence-corrected chi connectivity index (χ1v) is 10.8. The highest BCUT2D eigenvalue weighted by Gasteiger charge is 2.26. The van der Waals surface area contributed by atoms with Gasteiger partial charge in [0.2, 0.25) is 15.9 Å². The average molecular weight is 416 g/mol. The zero-order valence-electron chi connectivity index (χ0n) is 16.5. The largest absolute Gasteiger partial charge is 0.496 e. The third-order valence-electron chi connectivity index (χ3n) is 4.88. The van der Waals surface area contributed by atoms with Gasteiger partial charge < -0.3 is 10.1 Å². The van der Waals surface area contributed by atoms with E-state index in [4.69, 9.17) is 4.74 Å². The monoisotopic (exact) mass is 416 g/mol. The smallest absolute Gasteiger partial charge is 0.243 e. The summed E-state index contributed by atoms with van der Waals surface area (Å²) in [4.78, 5) is 24.2. The molecule has 3 rings (SSSR count). The predicted octanol–water partition coefficient (Wildman–Crippen LogP) is 2.86. The predicted molar refractivity (Wildman–Crippen MR) is 110 cm³/mol. The number of hydrogen-bond acceptors (Lipinski definition) is 5. The molecule has 0 aliphatic carbocycles. The van der Waals surface area contributed by atoms with Crippen LogP contribution in [0.25, 0.3) is 0 Å². The molecule has 0 saturated carbocycles. The molecule has 1 fully saturated rings. The minimum atomic E-state index is -3.48. The van der Waals surface area contributed by atoms with Crippen molar-refractivity contribution in [3.8, 4) is 5.75 Å². The molecule has 0 bridgehead atoms. The molecule has 0 radical (unpaired) electrons. The summed E-state index contributed by atoms with van der Waals surface area (Å²) >= 11 is 0. The fourth-order valence-corrected chi connectivity index (χ4v) is 4.82. The molecule has 7 nitrogen and oxygen atoms in total. The molecule has 1 aliphatic rings. The summed E-state index contributed by atoms with van der Waals surface area (Å²) in [7, 11) is -1.98. The fourth-order valence-electron chi connectivity index (χ4n) is 3.30. The third-order valence-corrected chi connectivity index (χ3v) is 6.79. The number of amides is 1. The normalized spacial score (nSPS) is 14.6. The number of sulfonamides is 1. The Labute approximate surface area is 170 Å². The van der Waals surface area contributed by atoms with Crippen LogP contribution >= 0.6 is 0 Å². The molecule has 0 atom stereocenters. The number of ketones is 1. The molecule has 0 unspecified atom stereocenters. The van der Waals surface area contributed by atoms with Crippen molar-refractivity contribution in [1.29, 1.82) is 0 Å². The van der Waals surface area contributed by atoms with Gasteiger partial charge in [-0.1, -0.05) is 0 Å². The molecule has 0 aromatic heterocycles. The van der Waals surface area contributed by atoms with E-state index in [1.54, 1.807) is 30.3 Å². The number of Topliss-reactive ketones (excluding diaryl/α,β-unsaturated/α-hetero) is 1. The number of hydrogen-bond donors (Lipinski definition) is 1. The number of methoxy groups -OCH3 is 1. The summed E-state index contributed by atoms with van der Waals surface area (Å²) in [5.41, 5.74) is 1.60. The molecule has 29 heavy (non-hydrogen) atoms. The Morgan fingerprint density at radius 1 is 1.07 bits per heavy atom. The molecule has 154 valence electrons. The van der Waals surface area contributed by atoms with Gasteiger partial charge in [0.1, 0.15) is 5.75 Å². The van der Waals surface area contributed by atoms with Gasteiger partial charge in [0.05, 0.1) is 18.4 Å². The lowest BCUT2D eigenvalue weighted by atomic mass is 10.0. The fraction of sp³-hybridized carbons (Fsp3) is 0.333. The highest BCUT2D eigenvalue weighted by molar-refractivity contribution is 7.89. The zero-order chi connectivity index (χ0) is 21.0. The van der Waals surface area contributed by atoms with Crippen molar-refractivity contribution in [2.45, 2.75) is 31.1 Å². The van der Waals surface area contributed by atoms with E-state index in [-0.39, 0.29) is 23.0 Å². The minimum absolute atomic E-state index is 0.0259. The van der Waals surface area contributed by atoms with Gasteiger partial charge in [-0.25, -0.2) is 8.42 Å². The van der Waals surface area contributed by atoms with Crippen molar-refractivity contribution in [3.05, 3.63) is 53.6 Å². The van der Waals surface area contributed by atoms with Gasteiger partial charge in [0.25, 0.3) is 0 Å². The van der Waals surface area contributed by atoms with Gasteiger partial charge in [0, 0.05) is 29.9 Å². The van der Waals surface area contributed by atoms with E-state index >= 15 is 0 Å². The Morgan fingerprint density at radius 3 is 2.31 bits per heavy atom. The summed E-state index contributed by atoms with van der Waals surface area (Å²) in [5.74, 6) is 0.139. The van der Waals surface area contributed by atoms with Crippen molar-refractivity contribution < 1.29 is 22.7 Å². The second-order valence-electron chi connectivity index (χ2n) is 6.94. The van der Waals surface area contributed by atoms with Crippen molar-refractivity contribution in [2.24, 2.45) is 0 Å². The SMILES string of the molecule is COc1ccc(C(C)=O)cc1CC(=O)Nc1ccc(S(=O)(=O)N2CCCC2)cc1. The van der Waals surface area contributed by atoms with Crippen molar-refractivity contribution >= 4 is 27.4 Å². The van der Waals surface area contributed by atoms with Crippen LogP contribution in [0, 0.1) is 0 Å². The van der Waals surface area contributed by atoms with Crippen molar-refractivity contribution in [3.63, 3.8) is 0 Å². The molecule has 8 heteroatoms. The van der Waals surface area contributed by atoms with Gasteiger partial charge in [-0.05, 0) is 62.2 Å². The van der Waals surface area contributed by atoms with Crippen LogP contribution in [0.4, 0.5) is 5.69 Å². The Kier molecular flexibility index (Phi) is 6.34. The summed E-state index contributed by atoms with van der Waals surface area (Å²) in [6, 6.07) is 11.1. The summed E-state index contributed by atoms with van der Waals surface area (Å²) < 4.78 is 31.9. The second kappa shape index (κ2) is 8.75. The molecule has 2 aromatic carbocycles. The summed E-state index contributed by atoms with van der Waals surface area (Å²) in [5, 5.41) is 2.75. The van der Waals surface area contributed by atoms with Gasteiger partial charge >= 0.3 is 0 Å². The summed E-state index contributed by atoms with van der Waals surface area (Å²) in [6.45, 7) is 2.55. The van der Waals surface area contributed by atoms with Crippen LogP contribution in [0.2, 0.25) is 0 Å². The highest BCUT2D eigenvalue weighted by atomic mass is 32.2. The van der Waals surface area contributed by atoms with E-state index in [1.807, 2.05) is 0 Å². The quantitative estimate of drug-likeness (QED) is 0.701. The molecular formula is C21H24N2O5S. The first-order valence-electron chi connectivity index (χ1n) is 9.39. The Balaban J connectivity index is 1.70. The van der Waals surface area contributed by atoms with E-state index in [9.17, 15) is 18.0 Å². The maximum Gasteiger partial charge on any atom is 0.243 e. The van der Waals surface area contributed by atoms with Crippen molar-refractivity contribution in [2.75, 3.05) is 25.5 Å². The van der Waals surface area contributed by atoms with Crippen LogP contribution in [-0.4, -0.2) is 44.6 Å². The molecule has 0 spiro atoms. The first-order chi connectivity index (χ1) is 13.8. The van der Waals surface area contributed by atoms with Crippen molar-refractivity contribution in [1.82, 2.24) is 4.31 Å². The zero-order valence-corrected chi connectivity index (χ0v) is 17.3. The van der Waals surface area contributed by atoms with Crippen LogP contribution in [-0.2, 0) is 21.2 Å². The van der Waals surface area contributed by atoms with E-state index in [1.165, 1.54) is 30.5 Å². The van der Waals surface area contributed by atoms with Crippen LogP contribution < -0.4 is 10.1 Å². The number of carbonyl (C=O) groups excluding carboxylic acids is 2. The van der Waals surface area contributed by atoms with Crippen LogP contribution in [0.3, 0.4) is 0 Å². The minimum Gasteiger partial charge on any atom is -0.496 e. The number of nitrogens with one attached hydrogen (secondary N) is 1. The van der Waals surface area contributed by atoms with E-state index < -0.39 is 10.0 Å². The van der Waals surface area contributed by atoms with Gasteiger partial charge in [-0.2, -0.15) is 4.31 Å². The van der Waals surface area contributed by atoms with E-state index in [2.05, 4.69) is 5.32 Å². The number of anilines is 1. The molecule has 1 saturated heterocycles. The molecule has 2 aromatic rings. The number of benzene rings is 2. The number of ether oxygens (including phenoxy) is 1. The molecule has 1 N–H and O–H groups in total. The second-order valence-corrected chi connectivity index (χ2v) is 8.88. The van der Waals surface area contributed by atoms with E-state index in [0.717, 1.165) is 12.8 Å². The van der Waals surface area contributed by atoms with E-state index in [0.29, 0.717) is 35.7 Å². The Morgan fingerprint density at radius 2 is 1.72 bits per heavy atom. The lowest BCUT2D eigenvalue weighted by molar-refractivity contribution is -0.115. The standard InChI is InChI=1S/C21H24N2O5S/c1-15(24)16-5-10-20(28-2)17(13-16)14-21(25)22-18-6-8-19(9-7-18)29(26,27)23-11-3-4-12-23/h5-10,13H,3-4,11-12,14H2,1-2H3,(H,22,25).